The lowest BCUT2D eigenvalue weighted by atomic mass is 10.0. The maximum absolute atomic E-state index is 11.5. The summed E-state index contributed by atoms with van der Waals surface area (Å²) in [5.74, 6) is 0. The summed E-state index contributed by atoms with van der Waals surface area (Å²) in [6.07, 6.45) is 7.55. The van der Waals surface area contributed by atoms with Crippen molar-refractivity contribution in [1.82, 2.24) is 5.32 Å². The monoisotopic (exact) mass is 354 g/mol. The number of amides is 1. The number of nitrogen functional groups attached to an aromatic ring is 1. The standard InChI is InChI=1S/C19H31ClN2O2/c1-19(2,3)24-18(23)22-11-9-7-5-4-6-8-10-15-12-16(20)14-17(21)13-15/h12-14H,4-11,21H2,1-3H3,(H,22,23). The first-order valence-electron chi connectivity index (χ1n) is 8.78. The number of carbonyl (C=O) groups excluding carboxylic acids is 1. The Balaban J connectivity index is 1.98. The number of hydrogen-bond donors (Lipinski definition) is 2. The lowest BCUT2D eigenvalue weighted by Crippen LogP contribution is -2.32. The Bertz CT molecular complexity index is 492. The first kappa shape index (κ1) is 20.6. The zero-order chi connectivity index (χ0) is 18.0. The number of aryl methyl sites for hydroxylation is 1. The number of nitrogens with one attached hydrogen (secondary N) is 1. The van der Waals surface area contributed by atoms with Crippen LogP contribution >= 0.6 is 11.6 Å². The quantitative estimate of drug-likeness (QED) is 0.465. The summed E-state index contributed by atoms with van der Waals surface area (Å²) >= 11 is 6.00. The number of halogens is 1. The Kier molecular flexibility index (Phi) is 8.98. The topological polar surface area (TPSA) is 64.3 Å². The number of ether oxygens (including phenoxy) is 1. The van der Waals surface area contributed by atoms with Gasteiger partial charge < -0.3 is 15.8 Å². The fraction of sp³-hybridized carbons (Fsp3) is 0.632. The second kappa shape index (κ2) is 10.4. The molecule has 0 radical (unpaired) electrons. The van der Waals surface area contributed by atoms with E-state index in [9.17, 15) is 4.79 Å². The number of benzene rings is 1. The van der Waals surface area contributed by atoms with Gasteiger partial charge in [-0.25, -0.2) is 4.79 Å². The number of anilines is 1. The first-order valence-corrected chi connectivity index (χ1v) is 9.16. The molecule has 0 aromatic heterocycles. The van der Waals surface area contributed by atoms with Gasteiger partial charge >= 0.3 is 6.09 Å². The third kappa shape index (κ3) is 10.4. The molecule has 4 nitrogen and oxygen atoms in total. The van der Waals surface area contributed by atoms with Gasteiger partial charge in [0.2, 0.25) is 0 Å². The van der Waals surface area contributed by atoms with Crippen LogP contribution in [0, 0.1) is 0 Å². The van der Waals surface area contributed by atoms with Crippen molar-refractivity contribution >= 4 is 23.4 Å². The highest BCUT2D eigenvalue weighted by Gasteiger charge is 2.15. The molecule has 1 rings (SSSR count). The average Bonchev–Trinajstić information content (AvgIpc) is 2.42. The van der Waals surface area contributed by atoms with Gasteiger partial charge in [-0.15, -0.1) is 0 Å². The zero-order valence-electron chi connectivity index (χ0n) is 15.2. The Morgan fingerprint density at radius 3 is 2.33 bits per heavy atom. The summed E-state index contributed by atoms with van der Waals surface area (Å²) in [6.45, 7) is 6.27. The van der Waals surface area contributed by atoms with E-state index in [1.807, 2.05) is 32.9 Å². The number of carbonyl (C=O) groups is 1. The largest absolute Gasteiger partial charge is 0.444 e. The molecular formula is C19H31ClN2O2. The Morgan fingerprint density at radius 2 is 1.71 bits per heavy atom. The Labute approximate surface area is 151 Å². The summed E-state index contributed by atoms with van der Waals surface area (Å²) in [5.41, 5.74) is 7.30. The number of rotatable bonds is 9. The maximum Gasteiger partial charge on any atom is 0.407 e. The molecule has 0 aliphatic carbocycles. The van der Waals surface area contributed by atoms with Gasteiger partial charge in [0, 0.05) is 17.3 Å². The minimum atomic E-state index is -0.433. The first-order chi connectivity index (χ1) is 11.3. The van der Waals surface area contributed by atoms with Crippen LogP contribution in [0.5, 0.6) is 0 Å². The van der Waals surface area contributed by atoms with Crippen molar-refractivity contribution in [2.45, 2.75) is 71.3 Å². The van der Waals surface area contributed by atoms with Gasteiger partial charge in [0.1, 0.15) is 5.60 Å². The van der Waals surface area contributed by atoms with Gasteiger partial charge in [-0.3, -0.25) is 0 Å². The van der Waals surface area contributed by atoms with Gasteiger partial charge in [0.25, 0.3) is 0 Å². The summed E-state index contributed by atoms with van der Waals surface area (Å²) in [7, 11) is 0. The highest BCUT2D eigenvalue weighted by atomic mass is 35.5. The zero-order valence-corrected chi connectivity index (χ0v) is 15.9. The molecule has 0 saturated heterocycles. The molecule has 0 fully saturated rings. The van der Waals surface area contributed by atoms with Crippen LogP contribution in [0.4, 0.5) is 10.5 Å². The number of hydrogen-bond acceptors (Lipinski definition) is 3. The van der Waals surface area contributed by atoms with E-state index in [2.05, 4.69) is 5.32 Å². The molecule has 0 aliphatic rings. The smallest absolute Gasteiger partial charge is 0.407 e. The van der Waals surface area contributed by atoms with E-state index in [0.717, 1.165) is 31.4 Å². The van der Waals surface area contributed by atoms with Crippen molar-refractivity contribution in [3.63, 3.8) is 0 Å². The third-order valence-corrected chi connectivity index (χ3v) is 3.76. The molecule has 0 atom stereocenters. The fourth-order valence-corrected chi connectivity index (χ4v) is 2.75. The number of alkyl carbamates (subject to hydrolysis) is 1. The summed E-state index contributed by atoms with van der Waals surface area (Å²) in [6, 6.07) is 5.75. The van der Waals surface area contributed by atoms with Crippen LogP contribution in [-0.4, -0.2) is 18.2 Å². The molecule has 1 aromatic carbocycles. The van der Waals surface area contributed by atoms with E-state index in [-0.39, 0.29) is 6.09 Å². The molecule has 0 unspecified atom stereocenters. The highest BCUT2D eigenvalue weighted by molar-refractivity contribution is 6.30. The summed E-state index contributed by atoms with van der Waals surface area (Å²) in [4.78, 5) is 11.5. The van der Waals surface area contributed by atoms with Crippen molar-refractivity contribution in [1.29, 1.82) is 0 Å². The van der Waals surface area contributed by atoms with Crippen molar-refractivity contribution in [2.75, 3.05) is 12.3 Å². The van der Waals surface area contributed by atoms with Crippen LogP contribution in [-0.2, 0) is 11.2 Å². The molecule has 3 N–H and O–H groups in total. The molecule has 5 heteroatoms. The maximum atomic E-state index is 11.5. The molecule has 0 bridgehead atoms. The van der Waals surface area contributed by atoms with Crippen molar-refractivity contribution < 1.29 is 9.53 Å². The van der Waals surface area contributed by atoms with Crippen molar-refractivity contribution in [2.24, 2.45) is 0 Å². The van der Waals surface area contributed by atoms with Gasteiger partial charge in [-0.2, -0.15) is 0 Å². The molecule has 0 spiro atoms. The summed E-state index contributed by atoms with van der Waals surface area (Å²) < 4.78 is 5.19. The molecule has 0 heterocycles. The van der Waals surface area contributed by atoms with Gasteiger partial charge in [-0.05, 0) is 63.8 Å². The predicted octanol–water partition coefficient (Wildman–Crippen LogP) is 5.33. The lowest BCUT2D eigenvalue weighted by molar-refractivity contribution is 0.0527. The number of nitrogens with two attached hydrogens (primary N) is 1. The van der Waals surface area contributed by atoms with Gasteiger partial charge in [0.05, 0.1) is 0 Å². The van der Waals surface area contributed by atoms with Crippen LogP contribution in [0.2, 0.25) is 5.02 Å². The van der Waals surface area contributed by atoms with Crippen LogP contribution in [0.1, 0.15) is 64.9 Å². The second-order valence-electron chi connectivity index (χ2n) is 7.19. The van der Waals surface area contributed by atoms with Gasteiger partial charge in [0.15, 0.2) is 0 Å². The van der Waals surface area contributed by atoms with Crippen molar-refractivity contribution in [3.8, 4) is 0 Å². The Morgan fingerprint density at radius 1 is 1.08 bits per heavy atom. The van der Waals surface area contributed by atoms with E-state index in [0.29, 0.717) is 11.6 Å². The fourth-order valence-electron chi connectivity index (χ4n) is 2.49. The Hall–Kier alpha value is -1.42. The molecule has 0 aliphatic heterocycles. The van der Waals surface area contributed by atoms with Crippen LogP contribution in [0.15, 0.2) is 18.2 Å². The molecular weight excluding hydrogens is 324 g/mol. The molecule has 24 heavy (non-hydrogen) atoms. The molecule has 1 aromatic rings. The third-order valence-electron chi connectivity index (χ3n) is 3.54. The predicted molar refractivity (Wildman–Crippen MR) is 102 cm³/mol. The number of unbranched alkanes of at least 4 members (excludes halogenated alkanes) is 5. The lowest BCUT2D eigenvalue weighted by Gasteiger charge is -2.19. The highest BCUT2D eigenvalue weighted by Crippen LogP contribution is 2.18. The van der Waals surface area contributed by atoms with Crippen LogP contribution < -0.4 is 11.1 Å². The molecule has 136 valence electrons. The van der Waals surface area contributed by atoms with Crippen molar-refractivity contribution in [3.05, 3.63) is 28.8 Å². The minimum absolute atomic E-state index is 0.330. The van der Waals surface area contributed by atoms with E-state index in [1.165, 1.54) is 24.8 Å². The summed E-state index contributed by atoms with van der Waals surface area (Å²) in [5, 5.41) is 3.50. The van der Waals surface area contributed by atoms with Gasteiger partial charge in [-0.1, -0.05) is 37.3 Å². The SMILES string of the molecule is CC(C)(C)OC(=O)NCCCCCCCCc1cc(N)cc(Cl)c1. The molecule has 1 amide bonds. The van der Waals surface area contributed by atoms with E-state index < -0.39 is 5.60 Å². The molecule has 0 saturated carbocycles. The average molecular weight is 355 g/mol. The normalized spacial score (nSPS) is 11.3. The van der Waals surface area contributed by atoms with E-state index >= 15 is 0 Å². The van der Waals surface area contributed by atoms with Crippen LogP contribution in [0.25, 0.3) is 0 Å². The second-order valence-corrected chi connectivity index (χ2v) is 7.63. The van der Waals surface area contributed by atoms with Crippen LogP contribution in [0.3, 0.4) is 0 Å². The van der Waals surface area contributed by atoms with E-state index in [1.54, 1.807) is 6.07 Å². The minimum Gasteiger partial charge on any atom is -0.444 e. The van der Waals surface area contributed by atoms with E-state index in [4.69, 9.17) is 22.1 Å².